The lowest BCUT2D eigenvalue weighted by atomic mass is 10.0. The van der Waals surface area contributed by atoms with Gasteiger partial charge in [-0.15, -0.1) is 11.3 Å². The first-order valence-electron chi connectivity index (χ1n) is 8.48. The lowest BCUT2D eigenvalue weighted by Gasteiger charge is -2.19. The second kappa shape index (κ2) is 9.84. The van der Waals surface area contributed by atoms with Crippen LogP contribution in [0.15, 0.2) is 41.8 Å². The van der Waals surface area contributed by atoms with Gasteiger partial charge in [-0.3, -0.25) is 19.7 Å². The molecule has 0 radical (unpaired) electrons. The maximum atomic E-state index is 12.7. The molecule has 0 fully saturated rings. The van der Waals surface area contributed by atoms with Crippen LogP contribution >= 0.6 is 11.3 Å². The third-order valence-corrected chi connectivity index (χ3v) is 4.96. The van der Waals surface area contributed by atoms with Crippen molar-refractivity contribution in [3.63, 3.8) is 0 Å². The van der Waals surface area contributed by atoms with Crippen molar-refractivity contribution < 1.29 is 24.6 Å². The molecule has 0 spiro atoms. The predicted octanol–water partition coefficient (Wildman–Crippen LogP) is 2.49. The van der Waals surface area contributed by atoms with E-state index in [1.807, 2.05) is 30.3 Å². The van der Waals surface area contributed by atoms with E-state index in [1.165, 1.54) is 11.3 Å². The van der Waals surface area contributed by atoms with Crippen molar-refractivity contribution in [1.82, 2.24) is 5.32 Å². The van der Waals surface area contributed by atoms with Crippen LogP contribution in [0.1, 0.15) is 28.6 Å². The number of benzene rings is 1. The summed E-state index contributed by atoms with van der Waals surface area (Å²) >= 11 is 1.19. The normalized spacial score (nSPS) is 12.9. The first-order valence-corrected chi connectivity index (χ1v) is 9.36. The molecule has 27 heavy (non-hydrogen) atoms. The molecule has 7 nitrogen and oxygen atoms in total. The van der Waals surface area contributed by atoms with Crippen molar-refractivity contribution in [2.45, 2.75) is 31.8 Å². The molecule has 1 heterocycles. The molecule has 1 unspecified atom stereocenters. The number of aliphatic carboxylic acids is 2. The third-order valence-electron chi connectivity index (χ3n) is 4.03. The minimum atomic E-state index is -1.03. The smallest absolute Gasteiger partial charge is 0.322 e. The van der Waals surface area contributed by atoms with Gasteiger partial charge in [0.25, 0.3) is 0 Å². The second-order valence-electron chi connectivity index (χ2n) is 6.08. The summed E-state index contributed by atoms with van der Waals surface area (Å²) in [7, 11) is 0. The predicted molar refractivity (Wildman–Crippen MR) is 104 cm³/mol. The number of rotatable bonds is 11. The Hall–Kier alpha value is -2.71. The van der Waals surface area contributed by atoms with Crippen molar-refractivity contribution in [1.29, 1.82) is 0 Å². The number of carboxylic acids is 2. The van der Waals surface area contributed by atoms with Gasteiger partial charge in [-0.25, -0.2) is 0 Å². The van der Waals surface area contributed by atoms with Crippen molar-refractivity contribution in [3.05, 3.63) is 52.2 Å². The van der Waals surface area contributed by atoms with E-state index in [9.17, 15) is 19.5 Å². The van der Waals surface area contributed by atoms with Crippen LogP contribution in [0.2, 0.25) is 0 Å². The zero-order valence-electron chi connectivity index (χ0n) is 14.8. The van der Waals surface area contributed by atoms with Crippen LogP contribution in [-0.2, 0) is 16.0 Å². The molecular weight excluding hydrogens is 368 g/mol. The Morgan fingerprint density at radius 2 is 1.81 bits per heavy atom. The number of thiophene rings is 1. The number of hydrogen-bond acceptors (Lipinski definition) is 6. The highest BCUT2D eigenvalue weighted by molar-refractivity contribution is 7.12. The zero-order chi connectivity index (χ0) is 19.8. The number of aryl methyl sites for hydroxylation is 1. The fourth-order valence-electron chi connectivity index (χ4n) is 2.62. The number of nitrogens with one attached hydrogen (secondary N) is 2. The number of anilines is 1. The molecule has 0 aliphatic rings. The quantitative estimate of drug-likeness (QED) is 0.436. The Morgan fingerprint density at radius 3 is 2.44 bits per heavy atom. The number of carbonyl (C=O) groups is 3. The highest BCUT2D eigenvalue weighted by Gasteiger charge is 2.25. The van der Waals surface area contributed by atoms with E-state index >= 15 is 0 Å². The SMILES string of the molecule is C[C@H](NC(CCc1ccccc1)C(=O)O)C(=O)c1sccc1NCC(=O)O. The topological polar surface area (TPSA) is 116 Å². The van der Waals surface area contributed by atoms with Gasteiger partial charge in [0.1, 0.15) is 12.6 Å². The van der Waals surface area contributed by atoms with Crippen molar-refractivity contribution in [2.75, 3.05) is 11.9 Å². The summed E-state index contributed by atoms with van der Waals surface area (Å²) in [5.74, 6) is -2.32. The van der Waals surface area contributed by atoms with Gasteiger partial charge in [-0.1, -0.05) is 30.3 Å². The maximum Gasteiger partial charge on any atom is 0.322 e. The molecule has 0 saturated heterocycles. The minimum Gasteiger partial charge on any atom is -0.480 e. The fourth-order valence-corrected chi connectivity index (χ4v) is 3.52. The summed E-state index contributed by atoms with van der Waals surface area (Å²) in [5.41, 5.74) is 1.47. The lowest BCUT2D eigenvalue weighted by molar-refractivity contribution is -0.139. The highest BCUT2D eigenvalue weighted by Crippen LogP contribution is 2.24. The Kier molecular flexibility index (Phi) is 7.51. The monoisotopic (exact) mass is 390 g/mol. The molecule has 1 aromatic carbocycles. The van der Waals surface area contributed by atoms with Gasteiger partial charge in [-0.2, -0.15) is 0 Å². The zero-order valence-corrected chi connectivity index (χ0v) is 15.7. The molecule has 1 aromatic heterocycles. The Bertz CT molecular complexity index is 790. The third kappa shape index (κ3) is 6.19. The van der Waals surface area contributed by atoms with Crippen LogP contribution in [0.3, 0.4) is 0 Å². The van der Waals surface area contributed by atoms with E-state index in [-0.39, 0.29) is 12.3 Å². The molecule has 4 N–H and O–H groups in total. The lowest BCUT2D eigenvalue weighted by Crippen LogP contribution is -2.45. The van der Waals surface area contributed by atoms with Crippen LogP contribution in [-0.4, -0.2) is 46.6 Å². The van der Waals surface area contributed by atoms with Crippen LogP contribution in [0.5, 0.6) is 0 Å². The van der Waals surface area contributed by atoms with Gasteiger partial charge in [-0.05, 0) is 36.8 Å². The van der Waals surface area contributed by atoms with E-state index in [1.54, 1.807) is 18.4 Å². The largest absolute Gasteiger partial charge is 0.480 e. The highest BCUT2D eigenvalue weighted by atomic mass is 32.1. The molecule has 2 atom stereocenters. The summed E-state index contributed by atoms with van der Waals surface area (Å²) in [6, 6.07) is 9.61. The van der Waals surface area contributed by atoms with Crippen LogP contribution in [0, 0.1) is 0 Å². The minimum absolute atomic E-state index is 0.274. The molecule has 144 valence electrons. The average Bonchev–Trinajstić information content (AvgIpc) is 3.11. The molecule has 2 aromatic rings. The van der Waals surface area contributed by atoms with Crippen molar-refractivity contribution in [3.8, 4) is 0 Å². The first kappa shape index (κ1) is 20.6. The van der Waals surface area contributed by atoms with Gasteiger partial charge >= 0.3 is 11.9 Å². The summed E-state index contributed by atoms with van der Waals surface area (Å²) in [6.07, 6.45) is 0.932. The van der Waals surface area contributed by atoms with Gasteiger partial charge in [0, 0.05) is 0 Å². The van der Waals surface area contributed by atoms with Crippen LogP contribution in [0.4, 0.5) is 5.69 Å². The number of hydrogen-bond donors (Lipinski definition) is 4. The number of ketones is 1. The molecule has 0 aliphatic heterocycles. The molecule has 8 heteroatoms. The summed E-state index contributed by atoms with van der Waals surface area (Å²) in [6.45, 7) is 1.31. The fraction of sp³-hybridized carbons (Fsp3) is 0.316. The molecule has 0 amide bonds. The first-order chi connectivity index (χ1) is 12.9. The molecular formula is C19H22N2O5S. The van der Waals surface area contributed by atoms with E-state index in [0.717, 1.165) is 5.56 Å². The van der Waals surface area contributed by atoms with E-state index < -0.39 is 24.0 Å². The summed E-state index contributed by atoms with van der Waals surface area (Å²) < 4.78 is 0. The number of carbonyl (C=O) groups excluding carboxylic acids is 1. The van der Waals surface area contributed by atoms with Crippen molar-refractivity contribution in [2.24, 2.45) is 0 Å². The molecule has 2 rings (SSSR count). The Balaban J connectivity index is 1.99. The average molecular weight is 390 g/mol. The molecule has 0 bridgehead atoms. The van der Waals surface area contributed by atoms with Crippen LogP contribution < -0.4 is 10.6 Å². The van der Waals surface area contributed by atoms with Gasteiger partial charge in [0.05, 0.1) is 16.6 Å². The standard InChI is InChI=1S/C19H22N2O5S/c1-12(17(24)18-14(9-10-27-18)20-11-16(22)23)21-15(19(25)26)8-7-13-5-3-2-4-6-13/h2-6,9-10,12,15,20-21H,7-8,11H2,1H3,(H,22,23)(H,25,26)/t12-,15?/m0/s1. The summed E-state index contributed by atoms with van der Waals surface area (Å²) in [5, 5.41) is 25.5. The van der Waals surface area contributed by atoms with Crippen LogP contribution in [0.25, 0.3) is 0 Å². The maximum absolute atomic E-state index is 12.7. The van der Waals surface area contributed by atoms with Gasteiger partial charge < -0.3 is 15.5 Å². The number of carboxylic acid groups (broad SMARTS) is 2. The number of Topliss-reactive ketones (excluding diaryl/α,β-unsaturated/α-hetero) is 1. The second-order valence-corrected chi connectivity index (χ2v) is 6.99. The van der Waals surface area contributed by atoms with Crippen molar-refractivity contribution >= 4 is 34.7 Å². The van der Waals surface area contributed by atoms with Gasteiger partial charge in [0.2, 0.25) is 0 Å². The Morgan fingerprint density at radius 1 is 1.11 bits per heavy atom. The molecule has 0 saturated carbocycles. The summed E-state index contributed by atoms with van der Waals surface area (Å²) in [4.78, 5) is 35.3. The van der Waals surface area contributed by atoms with E-state index in [0.29, 0.717) is 23.4 Å². The van der Waals surface area contributed by atoms with E-state index in [4.69, 9.17) is 5.11 Å². The molecule has 0 aliphatic carbocycles. The van der Waals surface area contributed by atoms with Gasteiger partial charge in [0.15, 0.2) is 5.78 Å². The van der Waals surface area contributed by atoms with E-state index in [2.05, 4.69) is 10.6 Å². The Labute approximate surface area is 161 Å².